The van der Waals surface area contributed by atoms with Gasteiger partial charge in [-0.1, -0.05) is 22.8 Å². The second-order valence-electron chi connectivity index (χ2n) is 3.39. The van der Waals surface area contributed by atoms with Crippen LogP contribution in [-0.4, -0.2) is 16.7 Å². The molecule has 0 aliphatic rings. The average Bonchev–Trinajstić information content (AvgIpc) is 2.75. The lowest BCUT2D eigenvalue weighted by atomic mass is 10.3. The zero-order chi connectivity index (χ0) is 12.1. The molecule has 0 fully saturated rings. The topological polar surface area (TPSA) is 74.2 Å². The molecule has 0 radical (unpaired) electrons. The number of aromatic nitrogens is 2. The molecular formula is C11H12ClN3O2. The average molecular weight is 254 g/mol. The van der Waals surface area contributed by atoms with Crippen molar-refractivity contribution >= 4 is 11.6 Å². The molecule has 0 spiro atoms. The van der Waals surface area contributed by atoms with Gasteiger partial charge in [0.05, 0.1) is 0 Å². The molecule has 2 aromatic rings. The van der Waals surface area contributed by atoms with Crippen LogP contribution in [0.15, 0.2) is 28.8 Å². The van der Waals surface area contributed by atoms with Crippen molar-refractivity contribution in [2.75, 3.05) is 6.54 Å². The molecule has 1 heterocycles. The Labute approximate surface area is 104 Å². The molecule has 0 aliphatic heterocycles. The molecule has 0 saturated carbocycles. The normalized spacial score (nSPS) is 10.5. The zero-order valence-electron chi connectivity index (χ0n) is 9.10. The fourth-order valence-electron chi connectivity index (χ4n) is 1.28. The number of rotatable bonds is 5. The van der Waals surface area contributed by atoms with Crippen molar-refractivity contribution in [3.8, 4) is 5.75 Å². The van der Waals surface area contributed by atoms with E-state index in [-0.39, 0.29) is 6.61 Å². The first-order valence-electron chi connectivity index (χ1n) is 5.18. The van der Waals surface area contributed by atoms with Crippen LogP contribution in [0.5, 0.6) is 5.75 Å². The van der Waals surface area contributed by atoms with Crippen molar-refractivity contribution in [1.82, 2.24) is 10.1 Å². The Balaban J connectivity index is 1.93. The van der Waals surface area contributed by atoms with Crippen molar-refractivity contribution < 1.29 is 9.26 Å². The number of hydrogen-bond acceptors (Lipinski definition) is 5. The van der Waals surface area contributed by atoms with E-state index >= 15 is 0 Å². The quantitative estimate of drug-likeness (QED) is 0.880. The van der Waals surface area contributed by atoms with Crippen LogP contribution in [0, 0.1) is 0 Å². The molecule has 0 bridgehead atoms. The minimum atomic E-state index is 0.244. The van der Waals surface area contributed by atoms with Crippen molar-refractivity contribution in [1.29, 1.82) is 0 Å². The largest absolute Gasteiger partial charge is 0.485 e. The fraction of sp³-hybridized carbons (Fsp3) is 0.273. The molecule has 6 heteroatoms. The van der Waals surface area contributed by atoms with Crippen LogP contribution >= 0.6 is 11.6 Å². The van der Waals surface area contributed by atoms with E-state index < -0.39 is 0 Å². The van der Waals surface area contributed by atoms with Gasteiger partial charge in [-0.25, -0.2) is 0 Å². The maximum absolute atomic E-state index is 5.83. The van der Waals surface area contributed by atoms with E-state index in [0.29, 0.717) is 35.5 Å². The standard InChI is InChI=1S/C11H12ClN3O2/c12-8-2-1-3-9(6-8)16-7-10-14-11(4-5-13)17-15-10/h1-3,6H,4-5,7,13H2. The predicted octanol–water partition coefficient (Wildman–Crippen LogP) is 1.80. The van der Waals surface area contributed by atoms with Gasteiger partial charge in [-0.2, -0.15) is 4.98 Å². The van der Waals surface area contributed by atoms with Gasteiger partial charge in [0.1, 0.15) is 5.75 Å². The maximum Gasteiger partial charge on any atom is 0.228 e. The molecule has 90 valence electrons. The number of ether oxygens (including phenoxy) is 1. The SMILES string of the molecule is NCCc1nc(COc2cccc(Cl)c2)no1. The summed E-state index contributed by atoms with van der Waals surface area (Å²) in [6.45, 7) is 0.727. The summed E-state index contributed by atoms with van der Waals surface area (Å²) in [6.07, 6.45) is 0.574. The zero-order valence-corrected chi connectivity index (χ0v) is 9.85. The third-order valence-electron chi connectivity index (χ3n) is 2.03. The van der Waals surface area contributed by atoms with Crippen LogP contribution in [0.25, 0.3) is 0 Å². The molecule has 2 N–H and O–H groups in total. The van der Waals surface area contributed by atoms with Gasteiger partial charge in [0, 0.05) is 18.0 Å². The Morgan fingerprint density at radius 1 is 1.41 bits per heavy atom. The van der Waals surface area contributed by atoms with Crippen molar-refractivity contribution in [2.24, 2.45) is 5.73 Å². The molecule has 2 rings (SSSR count). The molecule has 0 saturated heterocycles. The van der Waals surface area contributed by atoms with Gasteiger partial charge in [0.25, 0.3) is 0 Å². The fourth-order valence-corrected chi connectivity index (χ4v) is 1.46. The van der Waals surface area contributed by atoms with Crippen LogP contribution in [0.4, 0.5) is 0 Å². The summed E-state index contributed by atoms with van der Waals surface area (Å²) < 4.78 is 10.4. The molecular weight excluding hydrogens is 242 g/mol. The lowest BCUT2D eigenvalue weighted by molar-refractivity contribution is 0.285. The van der Waals surface area contributed by atoms with Gasteiger partial charge < -0.3 is 15.0 Å². The molecule has 0 atom stereocenters. The smallest absolute Gasteiger partial charge is 0.228 e. The highest BCUT2D eigenvalue weighted by Crippen LogP contribution is 2.17. The summed E-state index contributed by atoms with van der Waals surface area (Å²) in [5, 5.41) is 4.40. The summed E-state index contributed by atoms with van der Waals surface area (Å²) >= 11 is 5.83. The number of hydrogen-bond donors (Lipinski definition) is 1. The number of halogens is 1. The predicted molar refractivity (Wildman–Crippen MR) is 62.8 cm³/mol. The van der Waals surface area contributed by atoms with Gasteiger partial charge in [-0.05, 0) is 18.2 Å². The molecule has 0 unspecified atom stereocenters. The van der Waals surface area contributed by atoms with Crippen molar-refractivity contribution in [3.63, 3.8) is 0 Å². The second-order valence-corrected chi connectivity index (χ2v) is 3.83. The Kier molecular flexibility index (Phi) is 3.95. The monoisotopic (exact) mass is 253 g/mol. The summed E-state index contributed by atoms with van der Waals surface area (Å²) in [6, 6.07) is 7.13. The third kappa shape index (κ3) is 3.44. The van der Waals surface area contributed by atoms with Gasteiger partial charge in [0.15, 0.2) is 6.61 Å². The first-order valence-corrected chi connectivity index (χ1v) is 5.55. The van der Waals surface area contributed by atoms with E-state index in [2.05, 4.69) is 10.1 Å². The highest BCUT2D eigenvalue weighted by atomic mass is 35.5. The minimum absolute atomic E-state index is 0.244. The molecule has 1 aromatic carbocycles. The Morgan fingerprint density at radius 2 is 2.29 bits per heavy atom. The van der Waals surface area contributed by atoms with Crippen LogP contribution in [0.3, 0.4) is 0 Å². The molecule has 17 heavy (non-hydrogen) atoms. The molecule has 0 amide bonds. The maximum atomic E-state index is 5.83. The van der Waals surface area contributed by atoms with Crippen LogP contribution in [0.1, 0.15) is 11.7 Å². The van der Waals surface area contributed by atoms with Gasteiger partial charge in [-0.15, -0.1) is 0 Å². The van der Waals surface area contributed by atoms with E-state index in [4.69, 9.17) is 26.6 Å². The summed E-state index contributed by atoms with van der Waals surface area (Å²) in [5.74, 6) is 1.69. The van der Waals surface area contributed by atoms with Crippen LogP contribution < -0.4 is 10.5 Å². The Hall–Kier alpha value is -1.59. The molecule has 1 aromatic heterocycles. The van der Waals surface area contributed by atoms with Crippen molar-refractivity contribution in [3.05, 3.63) is 41.0 Å². The van der Waals surface area contributed by atoms with Gasteiger partial charge in [-0.3, -0.25) is 0 Å². The first-order chi connectivity index (χ1) is 8.28. The second kappa shape index (κ2) is 5.65. The lowest BCUT2D eigenvalue weighted by Crippen LogP contribution is -2.03. The lowest BCUT2D eigenvalue weighted by Gasteiger charge is -2.02. The van der Waals surface area contributed by atoms with E-state index in [9.17, 15) is 0 Å². The molecule has 0 aliphatic carbocycles. The minimum Gasteiger partial charge on any atom is -0.485 e. The third-order valence-corrected chi connectivity index (χ3v) is 2.27. The first kappa shape index (κ1) is 11.9. The highest BCUT2D eigenvalue weighted by molar-refractivity contribution is 6.30. The van der Waals surface area contributed by atoms with E-state index in [1.807, 2.05) is 12.1 Å². The van der Waals surface area contributed by atoms with Gasteiger partial charge >= 0.3 is 0 Å². The van der Waals surface area contributed by atoms with Crippen LogP contribution in [0.2, 0.25) is 5.02 Å². The number of benzene rings is 1. The summed E-state index contributed by atoms with van der Waals surface area (Å²) in [4.78, 5) is 4.12. The van der Waals surface area contributed by atoms with E-state index in [1.165, 1.54) is 0 Å². The number of nitrogens with two attached hydrogens (primary N) is 1. The Morgan fingerprint density at radius 3 is 3.06 bits per heavy atom. The molecule has 5 nitrogen and oxygen atoms in total. The Bertz CT molecular complexity index is 487. The van der Waals surface area contributed by atoms with E-state index in [0.717, 1.165) is 0 Å². The highest BCUT2D eigenvalue weighted by Gasteiger charge is 2.06. The van der Waals surface area contributed by atoms with Crippen LogP contribution in [-0.2, 0) is 13.0 Å². The van der Waals surface area contributed by atoms with E-state index in [1.54, 1.807) is 12.1 Å². The van der Waals surface area contributed by atoms with Gasteiger partial charge in [0.2, 0.25) is 11.7 Å². The van der Waals surface area contributed by atoms with Crippen molar-refractivity contribution in [2.45, 2.75) is 13.0 Å². The summed E-state index contributed by atoms with van der Waals surface area (Å²) in [7, 11) is 0. The summed E-state index contributed by atoms with van der Waals surface area (Å²) in [5.41, 5.74) is 5.38. The number of nitrogens with zero attached hydrogens (tertiary/aromatic N) is 2.